The van der Waals surface area contributed by atoms with Crippen molar-refractivity contribution in [2.24, 2.45) is 0 Å². The molecule has 0 fully saturated rings. The minimum Gasteiger partial charge on any atom is -0.462 e. The van der Waals surface area contributed by atoms with Crippen LogP contribution in [0, 0.1) is 11.6 Å². The number of esters is 2. The van der Waals surface area contributed by atoms with Crippen LogP contribution in [0.25, 0.3) is 22.3 Å². The lowest BCUT2D eigenvalue weighted by Gasteiger charge is -2.09. The number of carbonyl (C=O) groups is 2. The summed E-state index contributed by atoms with van der Waals surface area (Å²) in [5.74, 6) is -3.42. The molecule has 0 N–H and O–H groups in total. The van der Waals surface area contributed by atoms with Crippen molar-refractivity contribution < 1.29 is 37.3 Å². The first-order valence-electron chi connectivity index (χ1n) is 10.4. The molecule has 0 spiro atoms. The van der Waals surface area contributed by atoms with E-state index in [0.717, 1.165) is 42.1 Å². The Bertz CT molecular complexity index is 1310. The van der Waals surface area contributed by atoms with Gasteiger partial charge in [-0.15, -0.1) is 0 Å². The molecule has 3 rings (SSSR count). The summed E-state index contributed by atoms with van der Waals surface area (Å²) in [6.07, 6.45) is 6.12. The average Bonchev–Trinajstić information content (AvgIpc) is 2.91. The van der Waals surface area contributed by atoms with Crippen molar-refractivity contribution in [3.63, 3.8) is 0 Å². The van der Waals surface area contributed by atoms with Gasteiger partial charge in [-0.3, -0.25) is 0 Å². The van der Waals surface area contributed by atoms with Crippen LogP contribution in [0.15, 0.2) is 111 Å². The van der Waals surface area contributed by atoms with Gasteiger partial charge in [0.1, 0.15) is 30.8 Å². The predicted molar refractivity (Wildman–Crippen MR) is 129 cm³/mol. The molecule has 6 nitrogen and oxygen atoms in total. The number of carbonyl (C=O) groups excluding carboxylic acids is 2. The Morgan fingerprint density at radius 1 is 0.611 bits per heavy atom. The van der Waals surface area contributed by atoms with Crippen molar-refractivity contribution in [3.05, 3.63) is 123 Å². The Morgan fingerprint density at radius 3 is 1.67 bits per heavy atom. The van der Waals surface area contributed by atoms with Crippen LogP contribution in [0.2, 0.25) is 0 Å². The standard InChI is InChI=1S/C28H20F2O6/c1-3-25(31)35-17-15-33-22-11-9-20(10-12-22)19-5-7-21(8-6-19)23-13-14-24(28(30)27(23)29)34-16-18-36-26(32)4-2/h3-18H,1-2H2/b17-15-,18-16-. The fourth-order valence-corrected chi connectivity index (χ4v) is 2.91. The summed E-state index contributed by atoms with van der Waals surface area (Å²) in [4.78, 5) is 21.9. The van der Waals surface area contributed by atoms with Crippen LogP contribution in [0.1, 0.15) is 0 Å². The average molecular weight is 490 g/mol. The molecule has 0 saturated heterocycles. The number of hydrogen-bond donors (Lipinski definition) is 0. The molecule has 0 bridgehead atoms. The van der Waals surface area contributed by atoms with E-state index in [2.05, 4.69) is 22.6 Å². The lowest BCUT2D eigenvalue weighted by atomic mass is 9.99. The summed E-state index contributed by atoms with van der Waals surface area (Å²) in [6, 6.07) is 16.6. The fraction of sp³-hybridized carbons (Fsp3) is 0. The van der Waals surface area contributed by atoms with Gasteiger partial charge in [-0.25, -0.2) is 14.0 Å². The quantitative estimate of drug-likeness (QED) is 0.185. The van der Waals surface area contributed by atoms with Gasteiger partial charge >= 0.3 is 11.9 Å². The molecule has 182 valence electrons. The molecule has 36 heavy (non-hydrogen) atoms. The summed E-state index contributed by atoms with van der Waals surface area (Å²) in [5.41, 5.74) is 2.24. The summed E-state index contributed by atoms with van der Waals surface area (Å²) < 4.78 is 48.7. The summed E-state index contributed by atoms with van der Waals surface area (Å²) in [7, 11) is 0. The van der Waals surface area contributed by atoms with E-state index in [0.29, 0.717) is 11.3 Å². The van der Waals surface area contributed by atoms with E-state index in [-0.39, 0.29) is 11.3 Å². The summed E-state index contributed by atoms with van der Waals surface area (Å²) >= 11 is 0. The van der Waals surface area contributed by atoms with E-state index in [4.69, 9.17) is 9.47 Å². The van der Waals surface area contributed by atoms with Gasteiger partial charge in [-0.2, -0.15) is 4.39 Å². The first-order valence-corrected chi connectivity index (χ1v) is 10.4. The number of rotatable bonds is 10. The third kappa shape index (κ3) is 6.77. The second kappa shape index (κ2) is 12.5. The van der Waals surface area contributed by atoms with Crippen LogP contribution >= 0.6 is 0 Å². The maximum atomic E-state index is 14.7. The maximum absolute atomic E-state index is 14.7. The Morgan fingerprint density at radius 2 is 1.11 bits per heavy atom. The van der Waals surface area contributed by atoms with Gasteiger partial charge < -0.3 is 18.9 Å². The molecular formula is C28H20F2O6. The third-order valence-electron chi connectivity index (χ3n) is 4.64. The van der Waals surface area contributed by atoms with Crippen molar-refractivity contribution in [2.45, 2.75) is 0 Å². The molecule has 0 radical (unpaired) electrons. The molecule has 0 aliphatic carbocycles. The topological polar surface area (TPSA) is 71.1 Å². The number of hydrogen-bond acceptors (Lipinski definition) is 6. The number of halogens is 2. The first-order chi connectivity index (χ1) is 17.4. The molecule has 0 aromatic heterocycles. The Kier molecular flexibility index (Phi) is 8.88. The molecule has 0 amide bonds. The summed E-state index contributed by atoms with van der Waals surface area (Å²) in [5, 5.41) is 0. The van der Waals surface area contributed by atoms with Crippen molar-refractivity contribution >= 4 is 11.9 Å². The van der Waals surface area contributed by atoms with Gasteiger partial charge in [0.25, 0.3) is 0 Å². The molecule has 8 heteroatoms. The van der Waals surface area contributed by atoms with Crippen LogP contribution < -0.4 is 9.47 Å². The monoisotopic (exact) mass is 490 g/mol. The molecule has 3 aromatic rings. The second-order valence-electron chi connectivity index (χ2n) is 6.90. The molecule has 0 aliphatic heterocycles. The van der Waals surface area contributed by atoms with Crippen LogP contribution in [-0.4, -0.2) is 11.9 Å². The van der Waals surface area contributed by atoms with Gasteiger partial charge in [-0.05, 0) is 41.0 Å². The van der Waals surface area contributed by atoms with Crippen molar-refractivity contribution in [3.8, 4) is 33.8 Å². The van der Waals surface area contributed by atoms with Gasteiger partial charge in [-0.1, -0.05) is 49.6 Å². The predicted octanol–water partition coefficient (Wildman–Crippen LogP) is 6.46. The fourth-order valence-electron chi connectivity index (χ4n) is 2.91. The normalized spacial score (nSPS) is 10.7. The highest BCUT2D eigenvalue weighted by molar-refractivity contribution is 5.82. The SMILES string of the molecule is C=CC(=O)O/C=C\Oc1ccc(-c2ccc(-c3ccc(O/C=C\OC(=O)C=C)c(F)c3F)cc2)cc1. The summed E-state index contributed by atoms with van der Waals surface area (Å²) in [6.45, 7) is 6.51. The van der Waals surface area contributed by atoms with E-state index < -0.39 is 23.6 Å². The Hall–Kier alpha value is -4.98. The van der Waals surface area contributed by atoms with Gasteiger partial charge in [0, 0.05) is 17.7 Å². The van der Waals surface area contributed by atoms with Crippen LogP contribution in [0.5, 0.6) is 11.5 Å². The minimum absolute atomic E-state index is 0.0566. The van der Waals surface area contributed by atoms with Crippen molar-refractivity contribution in [2.75, 3.05) is 0 Å². The van der Waals surface area contributed by atoms with E-state index in [1.807, 2.05) is 12.1 Å². The zero-order valence-electron chi connectivity index (χ0n) is 18.9. The van der Waals surface area contributed by atoms with E-state index >= 15 is 0 Å². The van der Waals surface area contributed by atoms with E-state index in [1.165, 1.54) is 18.4 Å². The zero-order valence-corrected chi connectivity index (χ0v) is 18.9. The highest BCUT2D eigenvalue weighted by Gasteiger charge is 2.15. The van der Waals surface area contributed by atoms with Gasteiger partial charge in [0.05, 0.1) is 0 Å². The molecule has 0 unspecified atom stereocenters. The number of benzene rings is 3. The molecule has 0 heterocycles. The molecule has 0 atom stereocenters. The first kappa shape index (κ1) is 25.6. The Balaban J connectivity index is 1.67. The lowest BCUT2D eigenvalue weighted by Crippen LogP contribution is -1.96. The molecular weight excluding hydrogens is 470 g/mol. The maximum Gasteiger partial charge on any atom is 0.335 e. The molecule has 3 aromatic carbocycles. The number of ether oxygens (including phenoxy) is 4. The molecule has 0 saturated carbocycles. The van der Waals surface area contributed by atoms with Crippen molar-refractivity contribution in [1.82, 2.24) is 0 Å². The zero-order chi connectivity index (χ0) is 25.9. The Labute approximate surface area is 206 Å². The van der Waals surface area contributed by atoms with Crippen LogP contribution in [-0.2, 0) is 19.1 Å². The smallest absolute Gasteiger partial charge is 0.335 e. The highest BCUT2D eigenvalue weighted by atomic mass is 19.2. The largest absolute Gasteiger partial charge is 0.462 e. The van der Waals surface area contributed by atoms with Gasteiger partial charge in [0.15, 0.2) is 11.6 Å². The lowest BCUT2D eigenvalue weighted by molar-refractivity contribution is -0.133. The minimum atomic E-state index is -1.18. The van der Waals surface area contributed by atoms with Crippen LogP contribution in [0.4, 0.5) is 8.78 Å². The third-order valence-corrected chi connectivity index (χ3v) is 4.64. The highest BCUT2D eigenvalue weighted by Crippen LogP contribution is 2.32. The van der Waals surface area contributed by atoms with Crippen molar-refractivity contribution in [1.29, 1.82) is 0 Å². The van der Waals surface area contributed by atoms with E-state index in [1.54, 1.807) is 36.4 Å². The second-order valence-corrected chi connectivity index (χ2v) is 6.90. The van der Waals surface area contributed by atoms with Gasteiger partial charge in [0.2, 0.25) is 5.82 Å². The van der Waals surface area contributed by atoms with Crippen LogP contribution in [0.3, 0.4) is 0 Å². The molecule has 0 aliphatic rings. The van der Waals surface area contributed by atoms with E-state index in [9.17, 15) is 18.4 Å².